The number of Topliss-reactive ketones (excluding diaryl/α,β-unsaturated/α-hetero) is 1. The van der Waals surface area contributed by atoms with E-state index in [2.05, 4.69) is 0 Å². The molecule has 0 bridgehead atoms. The number of rotatable bonds is 2. The van der Waals surface area contributed by atoms with Gasteiger partial charge in [-0.2, -0.15) is 0 Å². The third-order valence-electron chi connectivity index (χ3n) is 3.90. The van der Waals surface area contributed by atoms with E-state index in [1.54, 1.807) is 0 Å². The Kier molecular flexibility index (Phi) is 2.09. The van der Waals surface area contributed by atoms with Crippen molar-refractivity contribution in [2.24, 2.45) is 17.8 Å². The molecule has 3 heteroatoms. The highest BCUT2D eigenvalue weighted by Gasteiger charge is 2.56. The molecule has 2 unspecified atom stereocenters. The molecule has 0 spiro atoms. The summed E-state index contributed by atoms with van der Waals surface area (Å²) >= 11 is 0. The van der Waals surface area contributed by atoms with Gasteiger partial charge in [-0.3, -0.25) is 4.79 Å². The Bertz CT molecular complexity index is 445. The average Bonchev–Trinajstić information content (AvgIpc) is 2.74. The Morgan fingerprint density at radius 1 is 1.19 bits per heavy atom. The van der Waals surface area contributed by atoms with Crippen LogP contribution in [0.1, 0.15) is 29.6 Å². The van der Waals surface area contributed by atoms with E-state index in [0.717, 1.165) is 31.0 Å². The molecule has 0 saturated heterocycles. The van der Waals surface area contributed by atoms with Crippen LogP contribution >= 0.6 is 0 Å². The van der Waals surface area contributed by atoms with Crippen LogP contribution in [0, 0.1) is 29.4 Å². The van der Waals surface area contributed by atoms with Crippen LogP contribution in [-0.2, 0) is 0 Å². The molecule has 3 rings (SSSR count). The second-order valence-corrected chi connectivity index (χ2v) is 4.77. The van der Waals surface area contributed by atoms with E-state index < -0.39 is 11.6 Å². The zero-order valence-corrected chi connectivity index (χ0v) is 8.75. The maximum absolute atomic E-state index is 13.4. The summed E-state index contributed by atoms with van der Waals surface area (Å²) < 4.78 is 26.4. The van der Waals surface area contributed by atoms with Crippen molar-refractivity contribution in [3.8, 4) is 0 Å². The molecule has 0 radical (unpaired) electrons. The smallest absolute Gasteiger partial charge is 0.169 e. The molecule has 0 aromatic heterocycles. The number of fused-ring (bicyclic) bond motifs is 1. The summed E-state index contributed by atoms with van der Waals surface area (Å²) in [6, 6.07) is 3.09. The minimum atomic E-state index is -0.601. The molecular formula is C13H12F2O. The second kappa shape index (κ2) is 3.37. The van der Waals surface area contributed by atoms with Crippen molar-refractivity contribution < 1.29 is 13.6 Å². The van der Waals surface area contributed by atoms with Gasteiger partial charge in [-0.1, -0.05) is 6.42 Å². The molecule has 16 heavy (non-hydrogen) atoms. The highest BCUT2D eigenvalue weighted by molar-refractivity contribution is 6.00. The quantitative estimate of drug-likeness (QED) is 0.702. The topological polar surface area (TPSA) is 17.1 Å². The van der Waals surface area contributed by atoms with Crippen molar-refractivity contribution in [2.75, 3.05) is 0 Å². The lowest BCUT2D eigenvalue weighted by Gasteiger charge is -2.04. The zero-order chi connectivity index (χ0) is 11.3. The molecule has 84 valence electrons. The molecule has 0 amide bonds. The van der Waals surface area contributed by atoms with E-state index in [9.17, 15) is 13.6 Å². The van der Waals surface area contributed by atoms with Gasteiger partial charge in [-0.05, 0) is 42.9 Å². The van der Waals surface area contributed by atoms with Crippen LogP contribution < -0.4 is 0 Å². The van der Waals surface area contributed by atoms with Gasteiger partial charge in [0, 0.05) is 5.92 Å². The molecule has 0 heterocycles. The third-order valence-corrected chi connectivity index (χ3v) is 3.90. The second-order valence-electron chi connectivity index (χ2n) is 4.77. The first kappa shape index (κ1) is 9.94. The highest BCUT2D eigenvalue weighted by Crippen LogP contribution is 2.58. The van der Waals surface area contributed by atoms with Crippen LogP contribution in [0.2, 0.25) is 0 Å². The number of ketones is 1. The molecule has 2 aliphatic carbocycles. The molecule has 0 aliphatic heterocycles. The molecular weight excluding hydrogens is 210 g/mol. The van der Waals surface area contributed by atoms with Gasteiger partial charge in [0.1, 0.15) is 11.6 Å². The maximum Gasteiger partial charge on any atom is 0.169 e. The van der Waals surface area contributed by atoms with Gasteiger partial charge < -0.3 is 0 Å². The van der Waals surface area contributed by atoms with Crippen LogP contribution in [0.15, 0.2) is 18.2 Å². The first-order valence-electron chi connectivity index (χ1n) is 5.68. The van der Waals surface area contributed by atoms with Crippen LogP contribution in [0.5, 0.6) is 0 Å². The molecule has 1 aromatic carbocycles. The summed E-state index contributed by atoms with van der Waals surface area (Å²) in [6.07, 6.45) is 3.31. The van der Waals surface area contributed by atoms with Crippen molar-refractivity contribution in [3.63, 3.8) is 0 Å². The van der Waals surface area contributed by atoms with Gasteiger partial charge in [-0.25, -0.2) is 8.78 Å². The fourth-order valence-electron chi connectivity index (χ4n) is 3.08. The maximum atomic E-state index is 13.4. The summed E-state index contributed by atoms with van der Waals surface area (Å²) in [5, 5.41) is 0. The monoisotopic (exact) mass is 222 g/mol. The van der Waals surface area contributed by atoms with Gasteiger partial charge in [0.2, 0.25) is 0 Å². The number of carbonyl (C=O) groups is 1. The predicted octanol–water partition coefficient (Wildman–Crippen LogP) is 3.19. The third kappa shape index (κ3) is 1.38. The summed E-state index contributed by atoms with van der Waals surface area (Å²) in [7, 11) is 0. The van der Waals surface area contributed by atoms with E-state index in [1.807, 2.05) is 0 Å². The number of hydrogen-bond acceptors (Lipinski definition) is 1. The molecule has 0 N–H and O–H groups in total. The largest absolute Gasteiger partial charge is 0.294 e. The zero-order valence-electron chi connectivity index (χ0n) is 8.75. The number of benzene rings is 1. The minimum absolute atomic E-state index is 0.0370. The fraction of sp³-hybridized carbons (Fsp3) is 0.462. The Balaban J connectivity index is 1.87. The van der Waals surface area contributed by atoms with Gasteiger partial charge in [0.05, 0.1) is 5.56 Å². The minimum Gasteiger partial charge on any atom is -0.294 e. The summed E-state index contributed by atoms with van der Waals surface area (Å²) in [6.45, 7) is 0. The van der Waals surface area contributed by atoms with Crippen LogP contribution in [0.3, 0.4) is 0 Å². The van der Waals surface area contributed by atoms with Crippen molar-refractivity contribution in [3.05, 3.63) is 35.4 Å². The number of carbonyl (C=O) groups excluding carboxylic acids is 1. The summed E-state index contributed by atoms with van der Waals surface area (Å²) in [5.41, 5.74) is -0.0700. The van der Waals surface area contributed by atoms with E-state index in [4.69, 9.17) is 0 Å². The van der Waals surface area contributed by atoms with E-state index >= 15 is 0 Å². The molecule has 2 aliphatic rings. The molecule has 1 aromatic rings. The first-order chi connectivity index (χ1) is 7.68. The van der Waals surface area contributed by atoms with Crippen molar-refractivity contribution in [2.45, 2.75) is 19.3 Å². The summed E-state index contributed by atoms with van der Waals surface area (Å²) in [5.74, 6) is -0.506. The lowest BCUT2D eigenvalue weighted by atomic mass is 10.0. The fourth-order valence-corrected chi connectivity index (χ4v) is 3.08. The lowest BCUT2D eigenvalue weighted by Crippen LogP contribution is -2.09. The summed E-state index contributed by atoms with van der Waals surface area (Å²) in [4.78, 5) is 12.0. The van der Waals surface area contributed by atoms with Crippen LogP contribution in [0.4, 0.5) is 8.78 Å². The van der Waals surface area contributed by atoms with Crippen molar-refractivity contribution >= 4 is 5.78 Å². The van der Waals surface area contributed by atoms with Gasteiger partial charge in [0.25, 0.3) is 0 Å². The van der Waals surface area contributed by atoms with Gasteiger partial charge >= 0.3 is 0 Å². The SMILES string of the molecule is O=C(c1cc(F)ccc1F)C1C2CCCC21. The van der Waals surface area contributed by atoms with Crippen molar-refractivity contribution in [1.82, 2.24) is 0 Å². The predicted molar refractivity (Wildman–Crippen MR) is 55.0 cm³/mol. The van der Waals surface area contributed by atoms with Gasteiger partial charge in [0.15, 0.2) is 5.78 Å². The van der Waals surface area contributed by atoms with E-state index in [-0.39, 0.29) is 17.3 Å². The molecule has 1 nitrogen and oxygen atoms in total. The van der Waals surface area contributed by atoms with E-state index in [1.165, 1.54) is 6.42 Å². The number of hydrogen-bond donors (Lipinski definition) is 0. The van der Waals surface area contributed by atoms with E-state index in [0.29, 0.717) is 11.8 Å². The normalized spacial score (nSPS) is 31.2. The standard InChI is InChI=1S/C13H12F2O/c14-7-4-5-11(15)10(6-7)13(16)12-8-2-1-3-9(8)12/h4-6,8-9,12H,1-3H2. The lowest BCUT2D eigenvalue weighted by molar-refractivity contribution is 0.0947. The van der Waals surface area contributed by atoms with Crippen LogP contribution in [0.25, 0.3) is 0 Å². The Hall–Kier alpha value is -1.25. The molecule has 2 atom stereocenters. The molecule has 2 saturated carbocycles. The number of halogens is 2. The van der Waals surface area contributed by atoms with Crippen molar-refractivity contribution in [1.29, 1.82) is 0 Å². The Labute approximate surface area is 92.5 Å². The molecule has 2 fully saturated rings. The van der Waals surface area contributed by atoms with Crippen LogP contribution in [-0.4, -0.2) is 5.78 Å². The van der Waals surface area contributed by atoms with Gasteiger partial charge in [-0.15, -0.1) is 0 Å². The first-order valence-corrected chi connectivity index (χ1v) is 5.68. The Morgan fingerprint density at radius 3 is 2.56 bits per heavy atom. The average molecular weight is 222 g/mol. The highest BCUT2D eigenvalue weighted by atomic mass is 19.1. The Morgan fingerprint density at radius 2 is 1.88 bits per heavy atom.